The average Bonchev–Trinajstić information content (AvgIpc) is 3.12. The van der Waals surface area contributed by atoms with Crippen molar-refractivity contribution in [3.63, 3.8) is 0 Å². The van der Waals surface area contributed by atoms with Crippen LogP contribution in [0.2, 0.25) is 0 Å². The first-order valence-corrected chi connectivity index (χ1v) is 13.0. The van der Waals surface area contributed by atoms with Crippen LogP contribution in [0.1, 0.15) is 83.5 Å². The Labute approximate surface area is 207 Å². The van der Waals surface area contributed by atoms with Gasteiger partial charge < -0.3 is 14.6 Å². The Morgan fingerprint density at radius 3 is 2.34 bits per heavy atom. The second-order valence-electron chi connectivity index (χ2n) is 12.7. The van der Waals surface area contributed by atoms with Crippen molar-refractivity contribution in [3.05, 3.63) is 35.9 Å². The molecule has 0 aromatic heterocycles. The first-order chi connectivity index (χ1) is 16.4. The highest BCUT2D eigenvalue weighted by Crippen LogP contribution is 2.76. The zero-order valence-corrected chi connectivity index (χ0v) is 21.5. The molecule has 4 aliphatic rings. The summed E-state index contributed by atoms with van der Waals surface area (Å²) in [5, 5.41) is 11.9. The summed E-state index contributed by atoms with van der Waals surface area (Å²) in [6, 6.07) is 8.82. The van der Waals surface area contributed by atoms with Gasteiger partial charge in [-0.15, -0.1) is 0 Å². The predicted octanol–water partition coefficient (Wildman–Crippen LogP) is 4.73. The molecule has 35 heavy (non-hydrogen) atoms. The van der Waals surface area contributed by atoms with Gasteiger partial charge >= 0.3 is 11.9 Å². The minimum atomic E-state index is -0.956. The molecule has 4 saturated carbocycles. The molecule has 4 fully saturated rings. The summed E-state index contributed by atoms with van der Waals surface area (Å²) in [7, 11) is 0. The SMILES string of the molecule is CC(=O)OC1CCC(C)(C)C2C(OC(=O)c3ccccc3)C(O)C3CC(=O)C4(C)CCC3(C4)C12C. The van der Waals surface area contributed by atoms with Gasteiger partial charge in [-0.25, -0.2) is 4.79 Å². The number of Topliss-reactive ketones (excluding diaryl/α,β-unsaturated/α-hetero) is 1. The lowest BCUT2D eigenvalue weighted by Gasteiger charge is -2.70. The average molecular weight is 483 g/mol. The molecule has 2 bridgehead atoms. The number of carbonyl (C=O) groups is 3. The summed E-state index contributed by atoms with van der Waals surface area (Å²) in [5.41, 5.74) is -1.18. The van der Waals surface area contributed by atoms with E-state index in [1.165, 1.54) is 6.92 Å². The van der Waals surface area contributed by atoms with E-state index < -0.39 is 29.0 Å². The molecular weight excluding hydrogens is 444 g/mol. The second-order valence-corrected chi connectivity index (χ2v) is 12.7. The van der Waals surface area contributed by atoms with Crippen molar-refractivity contribution in [1.29, 1.82) is 0 Å². The number of benzene rings is 1. The molecule has 1 aromatic carbocycles. The minimum absolute atomic E-state index is 0.184. The lowest BCUT2D eigenvalue weighted by Crippen LogP contribution is -2.73. The number of fused-ring (bicyclic) bond motifs is 2. The Morgan fingerprint density at radius 2 is 1.69 bits per heavy atom. The lowest BCUT2D eigenvalue weighted by molar-refractivity contribution is -0.287. The highest BCUT2D eigenvalue weighted by molar-refractivity contribution is 5.89. The van der Waals surface area contributed by atoms with Gasteiger partial charge in [0.15, 0.2) is 0 Å². The number of rotatable bonds is 3. The van der Waals surface area contributed by atoms with Crippen LogP contribution < -0.4 is 0 Å². The van der Waals surface area contributed by atoms with Gasteiger partial charge in [0.05, 0.1) is 11.7 Å². The van der Waals surface area contributed by atoms with Gasteiger partial charge in [0.25, 0.3) is 0 Å². The van der Waals surface area contributed by atoms with E-state index >= 15 is 0 Å². The smallest absolute Gasteiger partial charge is 0.338 e. The third-order valence-electron chi connectivity index (χ3n) is 10.5. The van der Waals surface area contributed by atoms with Gasteiger partial charge in [0, 0.05) is 36.0 Å². The van der Waals surface area contributed by atoms with Gasteiger partial charge in [0.2, 0.25) is 0 Å². The van der Waals surface area contributed by atoms with E-state index in [1.807, 2.05) is 6.07 Å². The van der Waals surface area contributed by atoms with E-state index in [-0.39, 0.29) is 46.9 Å². The van der Waals surface area contributed by atoms with Crippen molar-refractivity contribution in [2.24, 2.45) is 33.5 Å². The van der Waals surface area contributed by atoms with Crippen LogP contribution in [0.3, 0.4) is 0 Å². The van der Waals surface area contributed by atoms with Crippen LogP contribution in [-0.2, 0) is 19.1 Å². The lowest BCUT2D eigenvalue weighted by atomic mass is 9.36. The maximum atomic E-state index is 13.3. The Morgan fingerprint density at radius 1 is 1.00 bits per heavy atom. The van der Waals surface area contributed by atoms with Gasteiger partial charge in [-0.1, -0.05) is 45.9 Å². The molecule has 8 atom stereocenters. The van der Waals surface area contributed by atoms with Crippen molar-refractivity contribution < 1.29 is 29.0 Å². The molecule has 0 amide bonds. The van der Waals surface area contributed by atoms with Gasteiger partial charge in [0.1, 0.15) is 18.0 Å². The Bertz CT molecular complexity index is 1050. The predicted molar refractivity (Wildman–Crippen MR) is 129 cm³/mol. The Balaban J connectivity index is 1.66. The molecule has 0 heterocycles. The van der Waals surface area contributed by atoms with Crippen LogP contribution in [0, 0.1) is 33.5 Å². The van der Waals surface area contributed by atoms with Crippen molar-refractivity contribution in [3.8, 4) is 0 Å². The summed E-state index contributed by atoms with van der Waals surface area (Å²) >= 11 is 0. The molecule has 4 aliphatic carbocycles. The highest BCUT2D eigenvalue weighted by atomic mass is 16.6. The first kappa shape index (κ1) is 24.5. The first-order valence-electron chi connectivity index (χ1n) is 13.0. The van der Waals surface area contributed by atoms with Crippen molar-refractivity contribution >= 4 is 17.7 Å². The number of ketones is 1. The fourth-order valence-electron chi connectivity index (χ4n) is 8.97. The van der Waals surface area contributed by atoms with Crippen LogP contribution in [0.15, 0.2) is 30.3 Å². The van der Waals surface area contributed by atoms with Crippen LogP contribution in [0.25, 0.3) is 0 Å². The fourth-order valence-corrected chi connectivity index (χ4v) is 8.97. The summed E-state index contributed by atoms with van der Waals surface area (Å²) in [6.07, 6.45) is 1.92. The van der Waals surface area contributed by atoms with E-state index in [0.29, 0.717) is 18.4 Å². The maximum absolute atomic E-state index is 13.3. The van der Waals surface area contributed by atoms with E-state index in [1.54, 1.807) is 24.3 Å². The monoisotopic (exact) mass is 482 g/mol. The van der Waals surface area contributed by atoms with Crippen LogP contribution >= 0.6 is 0 Å². The summed E-state index contributed by atoms with van der Waals surface area (Å²) in [6.45, 7) is 10.0. The quantitative estimate of drug-likeness (QED) is 0.627. The minimum Gasteiger partial charge on any atom is -0.462 e. The van der Waals surface area contributed by atoms with Crippen LogP contribution in [0.4, 0.5) is 0 Å². The zero-order chi connectivity index (χ0) is 25.4. The summed E-state index contributed by atoms with van der Waals surface area (Å²) in [4.78, 5) is 38.8. The molecule has 190 valence electrons. The molecule has 0 saturated heterocycles. The maximum Gasteiger partial charge on any atom is 0.338 e. The third-order valence-corrected chi connectivity index (χ3v) is 10.5. The van der Waals surface area contributed by atoms with E-state index in [4.69, 9.17) is 9.47 Å². The van der Waals surface area contributed by atoms with E-state index in [0.717, 1.165) is 19.3 Å². The summed E-state index contributed by atoms with van der Waals surface area (Å²) in [5.74, 6) is -1.19. The molecule has 6 heteroatoms. The van der Waals surface area contributed by atoms with Gasteiger partial charge in [-0.2, -0.15) is 0 Å². The molecule has 1 aromatic rings. The number of ether oxygens (including phenoxy) is 2. The molecule has 8 unspecified atom stereocenters. The Hall–Kier alpha value is -2.21. The van der Waals surface area contributed by atoms with E-state index in [9.17, 15) is 19.5 Å². The van der Waals surface area contributed by atoms with Crippen molar-refractivity contribution in [2.45, 2.75) is 91.5 Å². The number of hydrogen-bond donors (Lipinski definition) is 1. The van der Waals surface area contributed by atoms with E-state index in [2.05, 4.69) is 27.7 Å². The second kappa shape index (κ2) is 7.89. The molecule has 0 radical (unpaired) electrons. The number of carbonyl (C=O) groups excluding carboxylic acids is 3. The molecule has 5 rings (SSSR count). The number of aliphatic hydroxyl groups excluding tert-OH is 1. The van der Waals surface area contributed by atoms with Crippen molar-refractivity contribution in [2.75, 3.05) is 0 Å². The molecule has 1 N–H and O–H groups in total. The Kier molecular flexibility index (Phi) is 5.52. The molecule has 1 spiro atoms. The molecule has 6 nitrogen and oxygen atoms in total. The number of aliphatic hydroxyl groups is 1. The van der Waals surface area contributed by atoms with Gasteiger partial charge in [-0.05, 0) is 55.1 Å². The van der Waals surface area contributed by atoms with Crippen LogP contribution in [0.5, 0.6) is 0 Å². The zero-order valence-electron chi connectivity index (χ0n) is 21.5. The largest absolute Gasteiger partial charge is 0.462 e. The van der Waals surface area contributed by atoms with Gasteiger partial charge in [-0.3, -0.25) is 9.59 Å². The number of hydrogen-bond acceptors (Lipinski definition) is 6. The number of esters is 2. The summed E-state index contributed by atoms with van der Waals surface area (Å²) < 4.78 is 12.2. The normalized spacial score (nSPS) is 43.6. The topological polar surface area (TPSA) is 89.9 Å². The standard InChI is InChI=1S/C29H38O6/c1-17(30)34-21-11-12-26(2,3)24-23(35-25(33)18-9-7-6-8-10-18)22(32)19-15-20(31)27(4)13-14-29(19,16-27)28(21,24)5/h6-10,19,21-24,32H,11-16H2,1-5H3. The molecule has 0 aliphatic heterocycles. The fraction of sp³-hybridized carbons (Fsp3) is 0.690. The molecular formula is C29H38O6. The van der Waals surface area contributed by atoms with Crippen LogP contribution in [-0.4, -0.2) is 41.1 Å². The third kappa shape index (κ3) is 3.35. The highest BCUT2D eigenvalue weighted by Gasteiger charge is 2.76. The van der Waals surface area contributed by atoms with Crippen molar-refractivity contribution in [1.82, 2.24) is 0 Å².